The van der Waals surface area contributed by atoms with E-state index in [0.717, 1.165) is 0 Å². The molecule has 100 valence electrons. The summed E-state index contributed by atoms with van der Waals surface area (Å²) >= 11 is 6.06. The minimum atomic E-state index is 0.234. The molecular formula is C12H8ClN5O2. The first-order valence-electron chi connectivity index (χ1n) is 5.69. The van der Waals surface area contributed by atoms with Crippen molar-refractivity contribution in [2.45, 2.75) is 6.54 Å². The van der Waals surface area contributed by atoms with E-state index < -0.39 is 0 Å². The van der Waals surface area contributed by atoms with Crippen LogP contribution in [0.25, 0.3) is 11.4 Å². The van der Waals surface area contributed by atoms with Gasteiger partial charge in [0.05, 0.1) is 11.2 Å². The highest BCUT2D eigenvalue weighted by Crippen LogP contribution is 2.24. The fraction of sp³-hybridized carbons (Fsp3) is 0.0833. The van der Waals surface area contributed by atoms with Crippen LogP contribution in [0.2, 0.25) is 5.02 Å². The van der Waals surface area contributed by atoms with Crippen molar-refractivity contribution in [3.63, 3.8) is 0 Å². The molecule has 0 spiro atoms. The Balaban J connectivity index is 1.83. The Morgan fingerprint density at radius 2 is 2.20 bits per heavy atom. The molecule has 0 unspecified atom stereocenters. The summed E-state index contributed by atoms with van der Waals surface area (Å²) in [5.41, 5.74) is 0.937. The van der Waals surface area contributed by atoms with Crippen LogP contribution in [0.4, 0.5) is 0 Å². The molecule has 20 heavy (non-hydrogen) atoms. The lowest BCUT2D eigenvalue weighted by Gasteiger charge is -1.96. The van der Waals surface area contributed by atoms with Gasteiger partial charge in [-0.05, 0) is 12.1 Å². The molecule has 3 aromatic rings. The highest BCUT2D eigenvalue weighted by atomic mass is 35.5. The Morgan fingerprint density at radius 3 is 2.95 bits per heavy atom. The third kappa shape index (κ3) is 2.43. The second-order valence-corrected chi connectivity index (χ2v) is 4.36. The lowest BCUT2D eigenvalue weighted by molar-refractivity contribution is 0.111. The van der Waals surface area contributed by atoms with Crippen molar-refractivity contribution in [2.75, 3.05) is 0 Å². The van der Waals surface area contributed by atoms with Gasteiger partial charge in [0.2, 0.25) is 11.7 Å². The number of hydrogen-bond donors (Lipinski definition) is 0. The van der Waals surface area contributed by atoms with Gasteiger partial charge < -0.3 is 4.52 Å². The third-order valence-corrected chi connectivity index (χ3v) is 2.89. The zero-order valence-corrected chi connectivity index (χ0v) is 10.9. The Labute approximate surface area is 118 Å². The first kappa shape index (κ1) is 12.5. The van der Waals surface area contributed by atoms with E-state index in [2.05, 4.69) is 20.5 Å². The molecule has 7 nitrogen and oxygen atoms in total. The molecule has 0 fully saturated rings. The van der Waals surface area contributed by atoms with Crippen LogP contribution in [0.3, 0.4) is 0 Å². The average molecular weight is 290 g/mol. The van der Waals surface area contributed by atoms with Crippen molar-refractivity contribution >= 4 is 17.9 Å². The van der Waals surface area contributed by atoms with Gasteiger partial charge in [-0.2, -0.15) is 4.98 Å². The van der Waals surface area contributed by atoms with Gasteiger partial charge in [-0.15, -0.1) is 5.10 Å². The van der Waals surface area contributed by atoms with Crippen molar-refractivity contribution in [3.05, 3.63) is 47.1 Å². The van der Waals surface area contributed by atoms with Crippen LogP contribution < -0.4 is 0 Å². The molecule has 0 aliphatic carbocycles. The molecule has 0 radical (unpaired) electrons. The normalized spacial score (nSPS) is 10.7. The second kappa shape index (κ2) is 5.22. The van der Waals surface area contributed by atoms with Gasteiger partial charge >= 0.3 is 0 Å². The zero-order chi connectivity index (χ0) is 13.9. The molecule has 0 bridgehead atoms. The van der Waals surface area contributed by atoms with E-state index in [0.29, 0.717) is 28.6 Å². The van der Waals surface area contributed by atoms with Crippen LogP contribution >= 0.6 is 11.6 Å². The first-order chi connectivity index (χ1) is 9.76. The number of aromatic nitrogens is 5. The standard InChI is InChI=1S/C12H8ClN5O2/c13-10-4-2-1-3-9(10)12-14-11(20-16-12)6-18-5-8(7-19)15-17-18/h1-5,7H,6H2. The topological polar surface area (TPSA) is 86.7 Å². The van der Waals surface area contributed by atoms with E-state index in [9.17, 15) is 4.79 Å². The Morgan fingerprint density at radius 1 is 1.35 bits per heavy atom. The molecule has 2 aromatic heterocycles. The van der Waals surface area contributed by atoms with E-state index in [1.54, 1.807) is 12.1 Å². The van der Waals surface area contributed by atoms with Gasteiger partial charge in [-0.25, -0.2) is 4.68 Å². The molecule has 0 aliphatic heterocycles. The lowest BCUT2D eigenvalue weighted by Crippen LogP contribution is -2.00. The molecule has 8 heteroatoms. The number of benzene rings is 1. The molecule has 3 rings (SSSR count). The van der Waals surface area contributed by atoms with Gasteiger partial charge in [0.25, 0.3) is 0 Å². The number of halogens is 1. The maximum atomic E-state index is 10.5. The SMILES string of the molecule is O=Cc1cn(Cc2nc(-c3ccccc3Cl)no2)nn1. The summed E-state index contributed by atoms with van der Waals surface area (Å²) in [6.07, 6.45) is 2.11. The molecule has 0 atom stereocenters. The molecule has 0 N–H and O–H groups in total. The summed E-state index contributed by atoms with van der Waals surface area (Å²) in [4.78, 5) is 14.7. The highest BCUT2D eigenvalue weighted by Gasteiger charge is 2.12. The van der Waals surface area contributed by atoms with E-state index in [1.165, 1.54) is 10.9 Å². The van der Waals surface area contributed by atoms with Gasteiger partial charge in [0.15, 0.2) is 6.29 Å². The monoisotopic (exact) mass is 289 g/mol. The Kier molecular flexibility index (Phi) is 3.26. The van der Waals surface area contributed by atoms with Crippen LogP contribution in [0.1, 0.15) is 16.4 Å². The number of nitrogens with zero attached hydrogens (tertiary/aromatic N) is 5. The van der Waals surface area contributed by atoms with Crippen LogP contribution in [-0.4, -0.2) is 31.4 Å². The van der Waals surface area contributed by atoms with Crippen LogP contribution in [-0.2, 0) is 6.54 Å². The van der Waals surface area contributed by atoms with Crippen LogP contribution in [0.15, 0.2) is 35.0 Å². The molecule has 2 heterocycles. The van der Waals surface area contributed by atoms with Gasteiger partial charge in [0, 0.05) is 5.56 Å². The molecule has 0 saturated carbocycles. The van der Waals surface area contributed by atoms with E-state index in [-0.39, 0.29) is 12.2 Å². The number of carbonyl (C=O) groups is 1. The average Bonchev–Trinajstić information content (AvgIpc) is 3.09. The summed E-state index contributed by atoms with van der Waals surface area (Å²) in [7, 11) is 0. The Hall–Kier alpha value is -2.54. The number of hydrogen-bond acceptors (Lipinski definition) is 6. The van der Waals surface area contributed by atoms with E-state index >= 15 is 0 Å². The van der Waals surface area contributed by atoms with Gasteiger partial charge in [-0.3, -0.25) is 4.79 Å². The zero-order valence-electron chi connectivity index (χ0n) is 10.1. The maximum Gasteiger partial charge on any atom is 0.248 e. The summed E-state index contributed by atoms with van der Waals surface area (Å²) in [6.45, 7) is 0.234. The quantitative estimate of drug-likeness (QED) is 0.681. The lowest BCUT2D eigenvalue weighted by atomic mass is 10.2. The number of rotatable bonds is 4. The predicted molar refractivity (Wildman–Crippen MR) is 69.3 cm³/mol. The summed E-state index contributed by atoms with van der Waals surface area (Å²) < 4.78 is 6.56. The number of aldehydes is 1. The van der Waals surface area contributed by atoms with Gasteiger partial charge in [-0.1, -0.05) is 34.1 Å². The maximum absolute atomic E-state index is 10.5. The largest absolute Gasteiger partial charge is 0.337 e. The summed E-state index contributed by atoms with van der Waals surface area (Å²) in [5.74, 6) is 0.753. The molecule has 0 amide bonds. The van der Waals surface area contributed by atoms with Crippen LogP contribution in [0.5, 0.6) is 0 Å². The summed E-state index contributed by atoms with van der Waals surface area (Å²) in [5, 5.41) is 11.8. The van der Waals surface area contributed by atoms with Crippen molar-refractivity contribution in [2.24, 2.45) is 0 Å². The van der Waals surface area contributed by atoms with E-state index in [1.807, 2.05) is 12.1 Å². The van der Waals surface area contributed by atoms with Gasteiger partial charge in [0.1, 0.15) is 12.2 Å². The van der Waals surface area contributed by atoms with Crippen molar-refractivity contribution in [1.29, 1.82) is 0 Å². The van der Waals surface area contributed by atoms with Crippen molar-refractivity contribution in [1.82, 2.24) is 25.1 Å². The Bertz CT molecular complexity index is 752. The fourth-order valence-corrected chi connectivity index (χ4v) is 1.87. The molecule has 1 aromatic carbocycles. The van der Waals surface area contributed by atoms with Crippen molar-refractivity contribution < 1.29 is 9.32 Å². The minimum absolute atomic E-state index is 0.234. The molecule has 0 saturated heterocycles. The summed E-state index contributed by atoms with van der Waals surface area (Å²) in [6, 6.07) is 7.21. The second-order valence-electron chi connectivity index (χ2n) is 3.95. The molecule has 0 aliphatic rings. The predicted octanol–water partition coefficient (Wildman–Crippen LogP) is 1.84. The number of carbonyl (C=O) groups excluding carboxylic acids is 1. The minimum Gasteiger partial charge on any atom is -0.337 e. The highest BCUT2D eigenvalue weighted by molar-refractivity contribution is 6.33. The van der Waals surface area contributed by atoms with Crippen molar-refractivity contribution in [3.8, 4) is 11.4 Å². The third-order valence-electron chi connectivity index (χ3n) is 2.56. The fourth-order valence-electron chi connectivity index (χ4n) is 1.65. The van der Waals surface area contributed by atoms with E-state index in [4.69, 9.17) is 16.1 Å². The first-order valence-corrected chi connectivity index (χ1v) is 6.07. The smallest absolute Gasteiger partial charge is 0.248 e. The van der Waals surface area contributed by atoms with Crippen LogP contribution in [0, 0.1) is 0 Å². The molecular weight excluding hydrogens is 282 g/mol.